The molecule has 7 heteroatoms. The molecule has 130 valence electrons. The normalized spacial score (nSPS) is 11.3. The van der Waals surface area contributed by atoms with E-state index in [1.165, 1.54) is 5.56 Å². The summed E-state index contributed by atoms with van der Waals surface area (Å²) in [5.41, 5.74) is 1.35. The molecule has 0 aliphatic heterocycles. The van der Waals surface area contributed by atoms with Gasteiger partial charge in [-0.3, -0.25) is 4.79 Å². The fourth-order valence-corrected chi connectivity index (χ4v) is 2.45. The van der Waals surface area contributed by atoms with Gasteiger partial charge in [0.05, 0.1) is 6.61 Å². The first-order valence-corrected chi connectivity index (χ1v) is 8.71. The van der Waals surface area contributed by atoms with Gasteiger partial charge in [0, 0.05) is 0 Å². The van der Waals surface area contributed by atoms with Crippen LogP contribution in [0.5, 0.6) is 5.75 Å². The van der Waals surface area contributed by atoms with Crippen LogP contribution in [0.2, 0.25) is 0 Å². The number of thioether (sulfide) groups is 1. The van der Waals surface area contributed by atoms with Crippen molar-refractivity contribution >= 4 is 17.7 Å². The van der Waals surface area contributed by atoms with Crippen LogP contribution in [-0.4, -0.2) is 28.5 Å². The molecule has 1 aromatic carbocycles. The maximum Gasteiger partial charge on any atom is 0.316 e. The minimum Gasteiger partial charge on any atom is -0.484 e. The van der Waals surface area contributed by atoms with Crippen molar-refractivity contribution in [3.8, 4) is 5.75 Å². The van der Waals surface area contributed by atoms with Crippen LogP contribution in [0.1, 0.15) is 39.1 Å². The SMILES string of the molecule is CCOC(=O)CSc1nnc(COc2ccc(C(C)(C)C)cc2)o1. The maximum atomic E-state index is 11.3. The highest BCUT2D eigenvalue weighted by atomic mass is 32.2. The van der Waals surface area contributed by atoms with Gasteiger partial charge in [0.1, 0.15) is 11.5 Å². The molecule has 2 aromatic rings. The lowest BCUT2D eigenvalue weighted by Crippen LogP contribution is -2.10. The Hall–Kier alpha value is -2.02. The number of carbonyl (C=O) groups is 1. The summed E-state index contributed by atoms with van der Waals surface area (Å²) < 4.78 is 15.9. The number of aromatic nitrogens is 2. The highest BCUT2D eigenvalue weighted by molar-refractivity contribution is 7.99. The van der Waals surface area contributed by atoms with Crippen molar-refractivity contribution in [1.82, 2.24) is 10.2 Å². The van der Waals surface area contributed by atoms with Crippen molar-refractivity contribution in [2.45, 2.75) is 44.9 Å². The van der Waals surface area contributed by atoms with Gasteiger partial charge in [0.2, 0.25) is 0 Å². The second-order valence-corrected chi connectivity index (χ2v) is 7.05. The Kier molecular flexibility index (Phi) is 6.25. The molecule has 2 rings (SSSR count). The molecule has 6 nitrogen and oxygen atoms in total. The van der Waals surface area contributed by atoms with E-state index in [9.17, 15) is 4.79 Å². The third kappa shape index (κ3) is 5.56. The smallest absolute Gasteiger partial charge is 0.316 e. The minimum absolute atomic E-state index is 0.107. The molecule has 0 aliphatic carbocycles. The highest BCUT2D eigenvalue weighted by Gasteiger charge is 2.14. The van der Waals surface area contributed by atoms with Crippen LogP contribution in [0, 0.1) is 0 Å². The van der Waals surface area contributed by atoms with E-state index in [2.05, 4.69) is 31.0 Å². The van der Waals surface area contributed by atoms with Crippen LogP contribution in [0.15, 0.2) is 33.9 Å². The molecule has 0 bridgehead atoms. The van der Waals surface area contributed by atoms with Gasteiger partial charge in [-0.25, -0.2) is 0 Å². The lowest BCUT2D eigenvalue weighted by atomic mass is 9.87. The second kappa shape index (κ2) is 8.19. The fraction of sp³-hybridized carbons (Fsp3) is 0.471. The number of carbonyl (C=O) groups excluding carboxylic acids is 1. The summed E-state index contributed by atoms with van der Waals surface area (Å²) in [7, 11) is 0. The van der Waals surface area contributed by atoms with Crippen LogP contribution in [-0.2, 0) is 21.6 Å². The van der Waals surface area contributed by atoms with Gasteiger partial charge in [-0.2, -0.15) is 0 Å². The predicted molar refractivity (Wildman–Crippen MR) is 91.1 cm³/mol. The Morgan fingerprint density at radius 3 is 2.54 bits per heavy atom. The van der Waals surface area contributed by atoms with Crippen molar-refractivity contribution in [2.75, 3.05) is 12.4 Å². The van der Waals surface area contributed by atoms with Crippen LogP contribution >= 0.6 is 11.8 Å². The molecule has 0 aliphatic rings. The average Bonchev–Trinajstić information content (AvgIpc) is 2.99. The zero-order valence-corrected chi connectivity index (χ0v) is 15.2. The van der Waals surface area contributed by atoms with E-state index in [0.29, 0.717) is 17.7 Å². The quantitative estimate of drug-likeness (QED) is 0.558. The summed E-state index contributed by atoms with van der Waals surface area (Å²) >= 11 is 1.15. The number of hydrogen-bond acceptors (Lipinski definition) is 7. The Labute approximate surface area is 145 Å². The molecule has 0 spiro atoms. The van der Waals surface area contributed by atoms with Crippen LogP contribution in [0.3, 0.4) is 0 Å². The summed E-state index contributed by atoms with van der Waals surface area (Å²) in [5, 5.41) is 8.09. The predicted octanol–water partition coefficient (Wildman–Crippen LogP) is 3.60. The molecular weight excluding hydrogens is 328 g/mol. The highest BCUT2D eigenvalue weighted by Crippen LogP contribution is 2.24. The number of ether oxygens (including phenoxy) is 2. The van der Waals surface area contributed by atoms with Gasteiger partial charge in [0.25, 0.3) is 11.1 Å². The molecule has 0 radical (unpaired) electrons. The Bertz CT molecular complexity index is 662. The van der Waals surface area contributed by atoms with Crippen molar-refractivity contribution in [3.63, 3.8) is 0 Å². The summed E-state index contributed by atoms with van der Waals surface area (Å²) in [5.74, 6) is 0.936. The van der Waals surface area contributed by atoms with E-state index in [4.69, 9.17) is 13.9 Å². The third-order valence-electron chi connectivity index (χ3n) is 3.15. The second-order valence-electron chi connectivity index (χ2n) is 6.12. The largest absolute Gasteiger partial charge is 0.484 e. The third-order valence-corrected chi connectivity index (χ3v) is 3.94. The number of nitrogens with zero attached hydrogens (tertiary/aromatic N) is 2. The first-order chi connectivity index (χ1) is 11.4. The summed E-state index contributed by atoms with van der Waals surface area (Å²) in [6.07, 6.45) is 0. The number of hydrogen-bond donors (Lipinski definition) is 0. The van der Waals surface area contributed by atoms with Gasteiger partial charge in [-0.15, -0.1) is 10.2 Å². The summed E-state index contributed by atoms with van der Waals surface area (Å²) in [6.45, 7) is 8.79. The van der Waals surface area contributed by atoms with Gasteiger partial charge in [-0.05, 0) is 30.0 Å². The lowest BCUT2D eigenvalue weighted by Gasteiger charge is -2.19. The van der Waals surface area contributed by atoms with Crippen molar-refractivity contribution in [3.05, 3.63) is 35.7 Å². The van der Waals surface area contributed by atoms with Gasteiger partial charge in [0.15, 0.2) is 6.61 Å². The minimum atomic E-state index is -0.308. The van der Waals surface area contributed by atoms with E-state index >= 15 is 0 Å². The van der Waals surface area contributed by atoms with Crippen molar-refractivity contribution in [1.29, 1.82) is 0 Å². The number of rotatable bonds is 7. The molecule has 0 atom stereocenters. The molecule has 0 amide bonds. The molecule has 0 unspecified atom stereocenters. The molecule has 0 saturated carbocycles. The molecular formula is C17H22N2O4S. The Morgan fingerprint density at radius 2 is 1.92 bits per heavy atom. The monoisotopic (exact) mass is 350 g/mol. The summed E-state index contributed by atoms with van der Waals surface area (Å²) in [6, 6.07) is 7.94. The van der Waals surface area contributed by atoms with E-state index < -0.39 is 0 Å². The standard InChI is InChI=1S/C17H22N2O4S/c1-5-21-15(20)11-24-16-19-18-14(23-16)10-22-13-8-6-12(7-9-13)17(2,3)4/h6-9H,5,10-11H2,1-4H3. The van der Waals surface area contributed by atoms with E-state index in [-0.39, 0.29) is 23.7 Å². The molecule has 1 heterocycles. The Morgan fingerprint density at radius 1 is 1.21 bits per heavy atom. The fourth-order valence-electron chi connectivity index (χ4n) is 1.87. The zero-order chi connectivity index (χ0) is 17.6. The molecule has 0 N–H and O–H groups in total. The number of benzene rings is 1. The van der Waals surface area contributed by atoms with Gasteiger partial charge < -0.3 is 13.9 Å². The molecule has 24 heavy (non-hydrogen) atoms. The van der Waals surface area contributed by atoms with Gasteiger partial charge >= 0.3 is 5.97 Å². The average molecular weight is 350 g/mol. The molecule has 1 aromatic heterocycles. The summed E-state index contributed by atoms with van der Waals surface area (Å²) in [4.78, 5) is 11.3. The maximum absolute atomic E-state index is 11.3. The van der Waals surface area contributed by atoms with Gasteiger partial charge in [-0.1, -0.05) is 44.7 Å². The zero-order valence-electron chi connectivity index (χ0n) is 14.4. The van der Waals surface area contributed by atoms with Crippen LogP contribution < -0.4 is 4.74 Å². The van der Waals surface area contributed by atoms with E-state index in [0.717, 1.165) is 17.5 Å². The first kappa shape index (κ1) is 18.3. The molecule has 0 fully saturated rings. The van der Waals surface area contributed by atoms with Crippen molar-refractivity contribution in [2.24, 2.45) is 0 Å². The number of esters is 1. The first-order valence-electron chi connectivity index (χ1n) is 7.72. The lowest BCUT2D eigenvalue weighted by molar-refractivity contribution is -0.139. The topological polar surface area (TPSA) is 74.5 Å². The van der Waals surface area contributed by atoms with E-state index in [1.807, 2.05) is 24.3 Å². The van der Waals surface area contributed by atoms with Crippen LogP contribution in [0.4, 0.5) is 0 Å². The Balaban J connectivity index is 1.83. The van der Waals surface area contributed by atoms with E-state index in [1.54, 1.807) is 6.92 Å². The van der Waals surface area contributed by atoms with Crippen LogP contribution in [0.25, 0.3) is 0 Å². The molecule has 0 saturated heterocycles. The van der Waals surface area contributed by atoms with Crippen molar-refractivity contribution < 1.29 is 18.7 Å².